The average molecular weight is 483 g/mol. The van der Waals surface area contributed by atoms with E-state index in [-0.39, 0.29) is 5.91 Å². The molecule has 0 aliphatic heterocycles. The molecule has 0 aromatic heterocycles. The Balaban J connectivity index is 1.27. The van der Waals surface area contributed by atoms with Gasteiger partial charge in [0.05, 0.1) is 18.4 Å². The topological polar surface area (TPSA) is 86.2 Å². The van der Waals surface area contributed by atoms with Gasteiger partial charge in [-0.2, -0.15) is 5.10 Å². The van der Waals surface area contributed by atoms with Crippen molar-refractivity contribution in [1.29, 1.82) is 0 Å². The van der Waals surface area contributed by atoms with Crippen LogP contribution in [0.1, 0.15) is 29.8 Å². The molecular formula is C29H26N2O5. The highest BCUT2D eigenvalue weighted by Gasteiger charge is 2.14. The lowest BCUT2D eigenvalue weighted by molar-refractivity contribution is -0.127. The second kappa shape index (κ2) is 11.7. The predicted molar refractivity (Wildman–Crippen MR) is 139 cm³/mol. The highest BCUT2D eigenvalue weighted by Crippen LogP contribution is 2.21. The van der Waals surface area contributed by atoms with Crippen LogP contribution in [0.4, 0.5) is 0 Å². The smallest absolute Gasteiger partial charge is 0.343 e. The summed E-state index contributed by atoms with van der Waals surface area (Å²) in [4.78, 5) is 24.7. The van der Waals surface area contributed by atoms with E-state index >= 15 is 0 Å². The highest BCUT2D eigenvalue weighted by molar-refractivity contribution is 5.91. The molecule has 7 nitrogen and oxygen atoms in total. The van der Waals surface area contributed by atoms with Crippen LogP contribution in [0.5, 0.6) is 17.2 Å². The van der Waals surface area contributed by atoms with Crippen LogP contribution in [-0.4, -0.2) is 30.8 Å². The predicted octanol–water partition coefficient (Wildman–Crippen LogP) is 5.38. The third kappa shape index (κ3) is 6.48. The van der Waals surface area contributed by atoms with Gasteiger partial charge in [-0.15, -0.1) is 0 Å². The summed E-state index contributed by atoms with van der Waals surface area (Å²) in [5.74, 6) is 0.857. The van der Waals surface area contributed by atoms with Crippen molar-refractivity contribution in [3.05, 3.63) is 102 Å². The first kappa shape index (κ1) is 24.5. The Morgan fingerprint density at radius 2 is 1.53 bits per heavy atom. The van der Waals surface area contributed by atoms with Gasteiger partial charge in [0.2, 0.25) is 0 Å². The van der Waals surface area contributed by atoms with Crippen LogP contribution in [0.15, 0.2) is 96.1 Å². The van der Waals surface area contributed by atoms with Crippen molar-refractivity contribution in [2.75, 3.05) is 6.61 Å². The summed E-state index contributed by atoms with van der Waals surface area (Å²) in [6.07, 6.45) is 0.770. The number of rotatable bonds is 9. The van der Waals surface area contributed by atoms with E-state index in [0.717, 1.165) is 16.3 Å². The molecule has 1 N–H and O–H groups in total. The van der Waals surface area contributed by atoms with Crippen molar-refractivity contribution in [1.82, 2.24) is 5.43 Å². The molecule has 0 heterocycles. The molecule has 4 rings (SSSR count). The summed E-state index contributed by atoms with van der Waals surface area (Å²) < 4.78 is 16.5. The quantitative estimate of drug-likeness (QED) is 0.150. The number of benzene rings is 4. The van der Waals surface area contributed by atoms with Crippen molar-refractivity contribution in [3.63, 3.8) is 0 Å². The Bertz CT molecular complexity index is 1360. The number of carbonyl (C=O) groups is 2. The van der Waals surface area contributed by atoms with Gasteiger partial charge in [0, 0.05) is 0 Å². The van der Waals surface area contributed by atoms with Crippen molar-refractivity contribution < 1.29 is 23.8 Å². The zero-order chi connectivity index (χ0) is 25.3. The average Bonchev–Trinajstić information content (AvgIpc) is 2.90. The minimum Gasteiger partial charge on any atom is -0.494 e. The molecule has 0 spiro atoms. The van der Waals surface area contributed by atoms with Gasteiger partial charge in [-0.1, -0.05) is 30.3 Å². The summed E-state index contributed by atoms with van der Waals surface area (Å²) in [6.45, 7) is 4.11. The molecule has 0 fully saturated rings. The molecular weight excluding hydrogens is 456 g/mol. The highest BCUT2D eigenvalue weighted by atomic mass is 16.5. The number of hydrogen-bond acceptors (Lipinski definition) is 6. The molecule has 182 valence electrons. The van der Waals surface area contributed by atoms with Crippen molar-refractivity contribution in [2.24, 2.45) is 5.10 Å². The normalized spacial score (nSPS) is 11.7. The van der Waals surface area contributed by atoms with E-state index in [9.17, 15) is 9.59 Å². The summed E-state index contributed by atoms with van der Waals surface area (Å²) >= 11 is 0. The lowest BCUT2D eigenvalue weighted by atomic mass is 10.1. The maximum absolute atomic E-state index is 12.4. The van der Waals surface area contributed by atoms with Crippen molar-refractivity contribution >= 4 is 28.9 Å². The lowest BCUT2D eigenvalue weighted by Crippen LogP contribution is -2.33. The number of hydrazone groups is 1. The SMILES string of the molecule is CCOc1ccc(C(=O)Oc2ccc(/C=N\NC(=O)[C@@H](C)Oc3ccc4ccccc4c3)cc2)cc1. The molecule has 7 heteroatoms. The Morgan fingerprint density at radius 3 is 2.25 bits per heavy atom. The fraction of sp³-hybridized carbons (Fsp3) is 0.138. The maximum atomic E-state index is 12.4. The monoisotopic (exact) mass is 482 g/mol. The molecule has 0 unspecified atom stereocenters. The molecule has 1 amide bonds. The second-order valence-electron chi connectivity index (χ2n) is 7.92. The standard InChI is InChI=1S/C29H26N2O5/c1-3-34-25-15-11-23(12-16-25)29(33)36-26-13-8-21(9-14-26)19-30-31-28(32)20(2)35-27-17-10-22-6-4-5-7-24(22)18-27/h4-20H,3H2,1-2H3,(H,31,32)/b30-19-/t20-/m1/s1. The molecule has 4 aromatic carbocycles. The van der Waals surface area contributed by atoms with E-state index in [4.69, 9.17) is 14.2 Å². The summed E-state index contributed by atoms with van der Waals surface area (Å²) in [7, 11) is 0. The molecule has 0 saturated heterocycles. The number of nitrogens with one attached hydrogen (secondary N) is 1. The van der Waals surface area contributed by atoms with Gasteiger partial charge < -0.3 is 14.2 Å². The zero-order valence-corrected chi connectivity index (χ0v) is 20.0. The number of fused-ring (bicyclic) bond motifs is 1. The molecule has 1 atom stereocenters. The van der Waals surface area contributed by atoms with Gasteiger partial charge in [0.25, 0.3) is 5.91 Å². The van der Waals surface area contributed by atoms with Gasteiger partial charge in [-0.25, -0.2) is 10.2 Å². The Hall–Kier alpha value is -4.65. The fourth-order valence-electron chi connectivity index (χ4n) is 3.40. The lowest BCUT2D eigenvalue weighted by Gasteiger charge is -2.13. The number of amides is 1. The first-order valence-electron chi connectivity index (χ1n) is 11.6. The molecule has 0 aliphatic carbocycles. The number of nitrogens with zero attached hydrogens (tertiary/aromatic N) is 1. The largest absolute Gasteiger partial charge is 0.494 e. The third-order valence-electron chi connectivity index (χ3n) is 5.28. The minimum atomic E-state index is -0.729. The first-order valence-corrected chi connectivity index (χ1v) is 11.6. The summed E-state index contributed by atoms with van der Waals surface area (Å²) in [5.41, 5.74) is 3.62. The van der Waals surface area contributed by atoms with E-state index < -0.39 is 12.1 Å². The van der Waals surface area contributed by atoms with E-state index in [0.29, 0.717) is 29.4 Å². The number of carbonyl (C=O) groups excluding carboxylic acids is 2. The molecule has 0 saturated carbocycles. The summed E-state index contributed by atoms with van der Waals surface area (Å²) in [6, 6.07) is 27.1. The van der Waals surface area contributed by atoms with Gasteiger partial charge in [-0.3, -0.25) is 4.79 Å². The van der Waals surface area contributed by atoms with Crippen LogP contribution >= 0.6 is 0 Å². The summed E-state index contributed by atoms with van der Waals surface area (Å²) in [5, 5.41) is 6.13. The Kier molecular flexibility index (Phi) is 7.93. The third-order valence-corrected chi connectivity index (χ3v) is 5.28. The molecule has 0 bridgehead atoms. The van der Waals surface area contributed by atoms with Crippen LogP contribution < -0.4 is 19.6 Å². The van der Waals surface area contributed by atoms with E-state index in [1.807, 2.05) is 49.4 Å². The zero-order valence-electron chi connectivity index (χ0n) is 20.0. The number of hydrogen-bond donors (Lipinski definition) is 1. The van der Waals surface area contributed by atoms with E-state index in [2.05, 4.69) is 10.5 Å². The van der Waals surface area contributed by atoms with E-state index in [1.165, 1.54) is 6.21 Å². The number of ether oxygens (including phenoxy) is 3. The van der Waals surface area contributed by atoms with Gasteiger partial charge >= 0.3 is 5.97 Å². The fourth-order valence-corrected chi connectivity index (χ4v) is 3.40. The Labute approximate surface area is 209 Å². The van der Waals surface area contributed by atoms with Crippen LogP contribution in [0.3, 0.4) is 0 Å². The molecule has 36 heavy (non-hydrogen) atoms. The van der Waals surface area contributed by atoms with Gasteiger partial charge in [0.1, 0.15) is 17.2 Å². The molecule has 0 radical (unpaired) electrons. The molecule has 4 aromatic rings. The van der Waals surface area contributed by atoms with Gasteiger partial charge in [0.15, 0.2) is 6.10 Å². The maximum Gasteiger partial charge on any atom is 0.343 e. The van der Waals surface area contributed by atoms with Crippen molar-refractivity contribution in [2.45, 2.75) is 20.0 Å². The van der Waals surface area contributed by atoms with Gasteiger partial charge in [-0.05, 0) is 90.8 Å². The van der Waals surface area contributed by atoms with Crippen molar-refractivity contribution in [3.8, 4) is 17.2 Å². The van der Waals surface area contributed by atoms with Crippen LogP contribution in [0.2, 0.25) is 0 Å². The van der Waals surface area contributed by atoms with Crippen LogP contribution in [-0.2, 0) is 4.79 Å². The first-order chi connectivity index (χ1) is 17.5. The minimum absolute atomic E-state index is 0.375. The Morgan fingerprint density at radius 1 is 0.861 bits per heavy atom. The van der Waals surface area contributed by atoms with Crippen LogP contribution in [0.25, 0.3) is 10.8 Å². The van der Waals surface area contributed by atoms with Crippen LogP contribution in [0, 0.1) is 0 Å². The second-order valence-corrected chi connectivity index (χ2v) is 7.92. The molecule has 0 aliphatic rings. The van der Waals surface area contributed by atoms with E-state index in [1.54, 1.807) is 55.5 Å². The number of esters is 1.